The van der Waals surface area contributed by atoms with E-state index in [0.717, 1.165) is 11.3 Å². The molecule has 29 heavy (non-hydrogen) atoms. The molecule has 0 aromatic heterocycles. The molecule has 0 saturated carbocycles. The van der Waals surface area contributed by atoms with Gasteiger partial charge < -0.3 is 15.1 Å². The normalized spacial score (nSPS) is 14.3. The first-order chi connectivity index (χ1) is 13.8. The van der Waals surface area contributed by atoms with Gasteiger partial charge in [0.2, 0.25) is 5.91 Å². The van der Waals surface area contributed by atoms with Gasteiger partial charge >= 0.3 is 0 Å². The van der Waals surface area contributed by atoms with Crippen molar-refractivity contribution in [1.82, 2.24) is 4.90 Å². The maximum Gasteiger partial charge on any atom is 0.255 e. The first-order valence-electron chi connectivity index (χ1n) is 9.67. The van der Waals surface area contributed by atoms with Crippen LogP contribution < -0.4 is 10.2 Å². The van der Waals surface area contributed by atoms with Gasteiger partial charge in [0.25, 0.3) is 5.91 Å². The van der Waals surface area contributed by atoms with E-state index in [-0.39, 0.29) is 17.7 Å². The van der Waals surface area contributed by atoms with Crippen LogP contribution in [-0.4, -0.2) is 42.9 Å². The molecule has 2 aromatic carbocycles. The van der Waals surface area contributed by atoms with Crippen LogP contribution in [0.5, 0.6) is 0 Å². The monoisotopic (exact) mass is 433 g/mol. The van der Waals surface area contributed by atoms with Gasteiger partial charge in [0, 0.05) is 47.7 Å². The zero-order valence-corrected chi connectivity index (χ0v) is 18.3. The number of piperazine rings is 1. The van der Waals surface area contributed by atoms with Gasteiger partial charge in [-0.15, -0.1) is 0 Å². The highest BCUT2D eigenvalue weighted by Gasteiger charge is 2.24. The van der Waals surface area contributed by atoms with Crippen LogP contribution in [0, 0.1) is 12.8 Å². The Balaban J connectivity index is 1.77. The number of halogens is 2. The molecule has 1 aliphatic heterocycles. The topological polar surface area (TPSA) is 52.7 Å². The Morgan fingerprint density at radius 3 is 2.31 bits per heavy atom. The molecule has 154 valence electrons. The molecule has 0 radical (unpaired) electrons. The number of benzene rings is 2. The summed E-state index contributed by atoms with van der Waals surface area (Å²) in [6, 6.07) is 10.7. The molecule has 1 aliphatic rings. The van der Waals surface area contributed by atoms with Crippen LogP contribution in [0.25, 0.3) is 0 Å². The predicted octanol–water partition coefficient (Wildman–Crippen LogP) is 4.86. The lowest BCUT2D eigenvalue weighted by atomic mass is 10.1. The molecule has 2 amide bonds. The largest absolute Gasteiger partial charge is 0.366 e. The first kappa shape index (κ1) is 21.5. The molecule has 0 aliphatic carbocycles. The Kier molecular flexibility index (Phi) is 6.70. The zero-order chi connectivity index (χ0) is 21.1. The third-order valence-electron chi connectivity index (χ3n) is 5.07. The summed E-state index contributed by atoms with van der Waals surface area (Å²) in [7, 11) is 0. The second-order valence-corrected chi connectivity index (χ2v) is 8.39. The molecular weight excluding hydrogens is 409 g/mol. The highest BCUT2D eigenvalue weighted by Crippen LogP contribution is 2.31. The van der Waals surface area contributed by atoms with Crippen molar-refractivity contribution in [3.05, 3.63) is 57.6 Å². The van der Waals surface area contributed by atoms with E-state index in [1.165, 1.54) is 0 Å². The van der Waals surface area contributed by atoms with Gasteiger partial charge in [-0.1, -0.05) is 43.1 Å². The molecule has 1 saturated heterocycles. The Morgan fingerprint density at radius 1 is 1.00 bits per heavy atom. The highest BCUT2D eigenvalue weighted by atomic mass is 35.5. The minimum atomic E-state index is -0.246. The van der Waals surface area contributed by atoms with Crippen molar-refractivity contribution in [2.75, 3.05) is 36.4 Å². The fourth-order valence-corrected chi connectivity index (χ4v) is 3.70. The molecule has 7 heteroatoms. The number of anilines is 2. The van der Waals surface area contributed by atoms with Crippen molar-refractivity contribution >= 4 is 46.4 Å². The van der Waals surface area contributed by atoms with Crippen LogP contribution in [0.1, 0.15) is 29.8 Å². The van der Waals surface area contributed by atoms with Crippen molar-refractivity contribution in [2.45, 2.75) is 20.8 Å². The molecule has 3 rings (SSSR count). The van der Waals surface area contributed by atoms with Gasteiger partial charge in [-0.05, 0) is 42.8 Å². The second kappa shape index (κ2) is 9.06. The van der Waals surface area contributed by atoms with Crippen molar-refractivity contribution in [3.8, 4) is 0 Å². The summed E-state index contributed by atoms with van der Waals surface area (Å²) in [5.74, 6) is -0.0807. The number of carbonyl (C=O) groups is 2. The molecule has 2 aromatic rings. The smallest absolute Gasteiger partial charge is 0.255 e. The lowest BCUT2D eigenvalue weighted by Gasteiger charge is -2.37. The van der Waals surface area contributed by atoms with E-state index in [0.29, 0.717) is 47.5 Å². The number of nitrogens with zero attached hydrogens (tertiary/aromatic N) is 2. The Labute approximate surface area is 181 Å². The standard InChI is InChI=1S/C22H25Cl2N3O2/c1-14(2)22(29)27-10-8-26(9-11-27)20-7-6-17(23)13-19(20)25-21(28)16-5-4-15(3)18(24)12-16/h4-7,12-14H,8-11H2,1-3H3,(H,25,28). The first-order valence-corrected chi connectivity index (χ1v) is 10.4. The van der Waals surface area contributed by atoms with E-state index in [9.17, 15) is 9.59 Å². The van der Waals surface area contributed by atoms with Crippen LogP contribution >= 0.6 is 23.2 Å². The summed E-state index contributed by atoms with van der Waals surface area (Å²) < 4.78 is 0. The van der Waals surface area contributed by atoms with Crippen molar-refractivity contribution in [2.24, 2.45) is 5.92 Å². The lowest BCUT2D eigenvalue weighted by molar-refractivity contribution is -0.134. The average Bonchev–Trinajstić information content (AvgIpc) is 2.69. The van der Waals surface area contributed by atoms with Gasteiger partial charge in [0.05, 0.1) is 11.4 Å². The molecule has 0 atom stereocenters. The van der Waals surface area contributed by atoms with E-state index in [2.05, 4.69) is 10.2 Å². The SMILES string of the molecule is Cc1ccc(C(=O)Nc2cc(Cl)ccc2N2CCN(C(=O)C(C)C)CC2)cc1Cl. The molecule has 1 heterocycles. The third kappa shape index (κ3) is 5.03. The van der Waals surface area contributed by atoms with E-state index in [1.807, 2.05) is 37.8 Å². The van der Waals surface area contributed by atoms with Gasteiger partial charge in [-0.3, -0.25) is 9.59 Å². The maximum atomic E-state index is 12.8. The van der Waals surface area contributed by atoms with Crippen LogP contribution in [0.4, 0.5) is 11.4 Å². The number of aryl methyl sites for hydroxylation is 1. The predicted molar refractivity (Wildman–Crippen MR) is 119 cm³/mol. The van der Waals surface area contributed by atoms with Crippen LogP contribution in [0.3, 0.4) is 0 Å². The summed E-state index contributed by atoms with van der Waals surface area (Å²) in [5, 5.41) is 4.05. The average molecular weight is 434 g/mol. The quantitative estimate of drug-likeness (QED) is 0.748. The number of rotatable bonds is 4. The van der Waals surface area contributed by atoms with Crippen LogP contribution in [0.15, 0.2) is 36.4 Å². The van der Waals surface area contributed by atoms with E-state index in [1.54, 1.807) is 24.3 Å². The van der Waals surface area contributed by atoms with Gasteiger partial charge in [0.1, 0.15) is 0 Å². The summed E-state index contributed by atoms with van der Waals surface area (Å²) in [4.78, 5) is 29.0. The molecule has 0 unspecified atom stereocenters. The van der Waals surface area contributed by atoms with Crippen molar-refractivity contribution < 1.29 is 9.59 Å². The van der Waals surface area contributed by atoms with Gasteiger partial charge in [-0.2, -0.15) is 0 Å². The number of hydrogen-bond donors (Lipinski definition) is 1. The molecule has 1 fully saturated rings. The van der Waals surface area contributed by atoms with E-state index < -0.39 is 0 Å². The summed E-state index contributed by atoms with van der Waals surface area (Å²) in [5.41, 5.74) is 2.93. The third-order valence-corrected chi connectivity index (χ3v) is 5.71. The van der Waals surface area contributed by atoms with Crippen molar-refractivity contribution in [3.63, 3.8) is 0 Å². The molecule has 1 N–H and O–H groups in total. The number of carbonyl (C=O) groups excluding carboxylic acids is 2. The van der Waals surface area contributed by atoms with Gasteiger partial charge in [0.15, 0.2) is 0 Å². The minimum Gasteiger partial charge on any atom is -0.366 e. The Morgan fingerprint density at radius 2 is 1.69 bits per heavy atom. The molecule has 0 spiro atoms. The van der Waals surface area contributed by atoms with Crippen molar-refractivity contribution in [1.29, 1.82) is 0 Å². The Bertz CT molecular complexity index is 922. The molecule has 0 bridgehead atoms. The highest BCUT2D eigenvalue weighted by molar-refractivity contribution is 6.32. The van der Waals surface area contributed by atoms with E-state index in [4.69, 9.17) is 23.2 Å². The summed E-state index contributed by atoms with van der Waals surface area (Å²) in [6.07, 6.45) is 0. The number of amides is 2. The molecular formula is C22H25Cl2N3O2. The second-order valence-electron chi connectivity index (χ2n) is 7.55. The number of nitrogens with one attached hydrogen (secondary N) is 1. The number of hydrogen-bond acceptors (Lipinski definition) is 3. The van der Waals surface area contributed by atoms with Crippen LogP contribution in [0.2, 0.25) is 10.0 Å². The van der Waals surface area contributed by atoms with E-state index >= 15 is 0 Å². The van der Waals surface area contributed by atoms with Crippen LogP contribution in [-0.2, 0) is 4.79 Å². The summed E-state index contributed by atoms with van der Waals surface area (Å²) in [6.45, 7) is 8.42. The lowest BCUT2D eigenvalue weighted by Crippen LogP contribution is -2.50. The fraction of sp³-hybridized carbons (Fsp3) is 0.364. The maximum absolute atomic E-state index is 12.8. The molecule has 5 nitrogen and oxygen atoms in total. The van der Waals surface area contributed by atoms with Gasteiger partial charge in [-0.25, -0.2) is 0 Å². The summed E-state index contributed by atoms with van der Waals surface area (Å²) >= 11 is 12.3. The Hall–Kier alpha value is -2.24. The zero-order valence-electron chi connectivity index (χ0n) is 16.8. The fourth-order valence-electron chi connectivity index (χ4n) is 3.35. The minimum absolute atomic E-state index is 0.00624.